The molecule has 1 heterocycles. The fourth-order valence-electron chi connectivity index (χ4n) is 3.16. The highest BCUT2D eigenvalue weighted by Gasteiger charge is 2.39. The number of ether oxygens (including phenoxy) is 1. The van der Waals surface area contributed by atoms with Gasteiger partial charge in [-0.1, -0.05) is 13.3 Å². The minimum atomic E-state index is -0.368. The Morgan fingerprint density at radius 1 is 1.48 bits per heavy atom. The maximum Gasteiger partial charge on any atom is 0.167 e. The second-order valence-electron chi connectivity index (χ2n) is 5.66. The number of methoxy groups -OCH3 is 1. The molecule has 0 spiro atoms. The highest BCUT2D eigenvalue weighted by atomic mass is 35.5. The molecule has 5 heteroatoms. The van der Waals surface area contributed by atoms with Gasteiger partial charge in [0.15, 0.2) is 11.6 Å². The zero-order chi connectivity index (χ0) is 15.0. The summed E-state index contributed by atoms with van der Waals surface area (Å²) in [6.07, 6.45) is 4.30. The largest absolute Gasteiger partial charge is 0.494 e. The minimum absolute atomic E-state index is 0.272. The number of alkyl halides is 1. The van der Waals surface area contributed by atoms with Crippen LogP contribution in [0.15, 0.2) is 12.1 Å². The fourth-order valence-corrected chi connectivity index (χ4v) is 3.33. The topological polar surface area (TPSA) is 27.1 Å². The number of nitrogens with zero attached hydrogens (tertiary/aromatic N) is 2. The van der Waals surface area contributed by atoms with E-state index in [1.54, 1.807) is 6.07 Å². The van der Waals surface area contributed by atoms with Gasteiger partial charge >= 0.3 is 0 Å². The quantitative estimate of drug-likeness (QED) is 0.743. The first-order chi connectivity index (χ1) is 10.2. The summed E-state index contributed by atoms with van der Waals surface area (Å²) in [5.74, 6) is 2.09. The average Bonchev–Trinajstić information content (AvgIpc) is 3.12. The van der Waals surface area contributed by atoms with E-state index in [9.17, 15) is 4.39 Å². The number of aryl methyl sites for hydroxylation is 1. The van der Waals surface area contributed by atoms with Crippen LogP contribution in [0.25, 0.3) is 11.0 Å². The molecule has 1 fully saturated rings. The molecule has 0 amide bonds. The Bertz CT molecular complexity index is 655. The standard InChI is InChI=1S/C16H20ClFN2O/c1-3-4-10-7-13(10)20-14-9-15(21-2)11(18)8-12(14)19-16(20)5-6-17/h8-10,13H,3-7H2,1-2H3. The Morgan fingerprint density at radius 2 is 2.29 bits per heavy atom. The number of aromatic nitrogens is 2. The van der Waals surface area contributed by atoms with Crippen molar-refractivity contribution < 1.29 is 9.13 Å². The molecule has 0 saturated heterocycles. The summed E-state index contributed by atoms with van der Waals surface area (Å²) in [4.78, 5) is 4.58. The van der Waals surface area contributed by atoms with Crippen molar-refractivity contribution in [2.75, 3.05) is 13.0 Å². The zero-order valence-electron chi connectivity index (χ0n) is 12.4. The first-order valence-electron chi connectivity index (χ1n) is 7.49. The van der Waals surface area contributed by atoms with Crippen molar-refractivity contribution in [2.45, 2.75) is 38.6 Å². The first-order valence-corrected chi connectivity index (χ1v) is 8.03. The van der Waals surface area contributed by atoms with E-state index in [-0.39, 0.29) is 11.6 Å². The molecule has 1 aromatic carbocycles. The van der Waals surface area contributed by atoms with E-state index >= 15 is 0 Å². The van der Waals surface area contributed by atoms with Crippen molar-refractivity contribution in [1.82, 2.24) is 9.55 Å². The molecule has 0 N–H and O–H groups in total. The van der Waals surface area contributed by atoms with Gasteiger partial charge in [-0.2, -0.15) is 0 Å². The molecular formula is C16H20ClFN2O. The van der Waals surface area contributed by atoms with Crippen molar-refractivity contribution >= 4 is 22.6 Å². The van der Waals surface area contributed by atoms with Crippen LogP contribution in [0.5, 0.6) is 5.75 Å². The molecule has 2 atom stereocenters. The molecule has 1 aliphatic carbocycles. The van der Waals surface area contributed by atoms with Gasteiger partial charge in [0.2, 0.25) is 0 Å². The van der Waals surface area contributed by atoms with Crippen LogP contribution in [-0.2, 0) is 6.42 Å². The van der Waals surface area contributed by atoms with Crippen molar-refractivity contribution in [2.24, 2.45) is 5.92 Å². The van der Waals surface area contributed by atoms with Crippen molar-refractivity contribution in [1.29, 1.82) is 0 Å². The van der Waals surface area contributed by atoms with Crippen LogP contribution in [-0.4, -0.2) is 22.5 Å². The van der Waals surface area contributed by atoms with E-state index in [0.717, 1.165) is 11.3 Å². The Hall–Kier alpha value is -1.29. The van der Waals surface area contributed by atoms with Crippen molar-refractivity contribution in [3.63, 3.8) is 0 Å². The van der Waals surface area contributed by atoms with Crippen LogP contribution in [0.3, 0.4) is 0 Å². The van der Waals surface area contributed by atoms with Crippen LogP contribution < -0.4 is 4.74 Å². The third-order valence-electron chi connectivity index (χ3n) is 4.23. The minimum Gasteiger partial charge on any atom is -0.494 e. The smallest absolute Gasteiger partial charge is 0.167 e. The number of imidazole rings is 1. The van der Waals surface area contributed by atoms with Gasteiger partial charge in [0.1, 0.15) is 5.82 Å². The van der Waals surface area contributed by atoms with Gasteiger partial charge in [0.25, 0.3) is 0 Å². The summed E-state index contributed by atoms with van der Waals surface area (Å²) in [6.45, 7) is 2.21. The Labute approximate surface area is 129 Å². The molecule has 21 heavy (non-hydrogen) atoms. The Kier molecular flexibility index (Phi) is 4.07. The molecule has 3 nitrogen and oxygen atoms in total. The number of hydrogen-bond acceptors (Lipinski definition) is 2. The van der Waals surface area contributed by atoms with Crippen LogP contribution >= 0.6 is 11.6 Å². The molecular weight excluding hydrogens is 291 g/mol. The van der Waals surface area contributed by atoms with Crippen LogP contribution in [0.4, 0.5) is 4.39 Å². The third kappa shape index (κ3) is 2.61. The molecule has 114 valence electrons. The SMILES string of the molecule is CCCC1CC1n1c(CCCl)nc2cc(F)c(OC)cc21. The number of fused-ring (bicyclic) bond motifs is 1. The van der Waals surface area contributed by atoms with E-state index in [1.807, 2.05) is 0 Å². The van der Waals surface area contributed by atoms with Crippen LogP contribution in [0.2, 0.25) is 0 Å². The van der Waals surface area contributed by atoms with Gasteiger partial charge in [0.05, 0.1) is 18.1 Å². The first kappa shape index (κ1) is 14.6. The molecule has 0 aliphatic heterocycles. The summed E-state index contributed by atoms with van der Waals surface area (Å²) in [5, 5.41) is 0. The molecule has 1 saturated carbocycles. The van der Waals surface area contributed by atoms with E-state index in [2.05, 4.69) is 16.5 Å². The van der Waals surface area contributed by atoms with Gasteiger partial charge < -0.3 is 9.30 Å². The van der Waals surface area contributed by atoms with Gasteiger partial charge in [-0.3, -0.25) is 0 Å². The van der Waals surface area contributed by atoms with Gasteiger partial charge in [-0.05, 0) is 18.8 Å². The number of halogens is 2. The van der Waals surface area contributed by atoms with E-state index in [4.69, 9.17) is 16.3 Å². The molecule has 1 aromatic heterocycles. The van der Waals surface area contributed by atoms with Crippen molar-refractivity contribution in [3.8, 4) is 5.75 Å². The van der Waals surface area contributed by atoms with Gasteiger partial charge in [-0.25, -0.2) is 9.37 Å². The molecule has 0 bridgehead atoms. The van der Waals surface area contributed by atoms with E-state index < -0.39 is 0 Å². The summed E-state index contributed by atoms with van der Waals surface area (Å²) >= 11 is 5.90. The van der Waals surface area contributed by atoms with Crippen LogP contribution in [0, 0.1) is 11.7 Å². The highest BCUT2D eigenvalue weighted by Crippen LogP contribution is 2.48. The molecule has 2 unspecified atom stereocenters. The average molecular weight is 311 g/mol. The normalized spacial score (nSPS) is 21.0. The van der Waals surface area contributed by atoms with Gasteiger partial charge in [-0.15, -0.1) is 11.6 Å². The summed E-state index contributed by atoms with van der Waals surface area (Å²) in [6, 6.07) is 3.69. The van der Waals surface area contributed by atoms with Gasteiger partial charge in [0, 0.05) is 30.5 Å². The number of benzene rings is 1. The summed E-state index contributed by atoms with van der Waals surface area (Å²) < 4.78 is 21.2. The van der Waals surface area contributed by atoms with Crippen molar-refractivity contribution in [3.05, 3.63) is 23.8 Å². The lowest BCUT2D eigenvalue weighted by Gasteiger charge is -2.09. The predicted molar refractivity (Wildman–Crippen MR) is 82.7 cm³/mol. The zero-order valence-corrected chi connectivity index (χ0v) is 13.2. The highest BCUT2D eigenvalue weighted by molar-refractivity contribution is 6.17. The Balaban J connectivity index is 2.08. The maximum atomic E-state index is 13.9. The maximum absolute atomic E-state index is 13.9. The Morgan fingerprint density at radius 3 is 2.95 bits per heavy atom. The number of rotatable bonds is 6. The molecule has 1 aliphatic rings. The second-order valence-corrected chi connectivity index (χ2v) is 6.04. The second kappa shape index (κ2) is 5.84. The third-order valence-corrected chi connectivity index (χ3v) is 4.42. The summed E-state index contributed by atoms with van der Waals surface area (Å²) in [7, 11) is 1.49. The monoisotopic (exact) mass is 310 g/mol. The molecule has 3 rings (SSSR count). The number of hydrogen-bond donors (Lipinski definition) is 0. The lowest BCUT2D eigenvalue weighted by Crippen LogP contribution is -2.04. The fraction of sp³-hybridized carbons (Fsp3) is 0.562. The summed E-state index contributed by atoms with van der Waals surface area (Å²) in [5.41, 5.74) is 1.65. The lowest BCUT2D eigenvalue weighted by atomic mass is 10.2. The molecule has 2 aromatic rings. The van der Waals surface area contributed by atoms with E-state index in [0.29, 0.717) is 29.8 Å². The molecule has 0 radical (unpaired) electrons. The van der Waals surface area contributed by atoms with E-state index in [1.165, 1.54) is 32.4 Å². The lowest BCUT2D eigenvalue weighted by molar-refractivity contribution is 0.387. The van der Waals surface area contributed by atoms with Crippen LogP contribution in [0.1, 0.15) is 38.1 Å². The predicted octanol–water partition coefficient (Wildman–Crippen LogP) is 4.33.